The maximum Gasteiger partial charge on any atom is 0.270 e. The van der Waals surface area contributed by atoms with Gasteiger partial charge in [-0.05, 0) is 18.2 Å². The van der Waals surface area contributed by atoms with Crippen molar-refractivity contribution >= 4 is 10.9 Å². The monoisotopic (exact) mass is 159 g/mol. The quantitative estimate of drug-likeness (QED) is 0.284. The fourth-order valence-corrected chi connectivity index (χ4v) is 1.40. The van der Waals surface area contributed by atoms with Gasteiger partial charge in [0.15, 0.2) is 11.9 Å². The van der Waals surface area contributed by atoms with Gasteiger partial charge in [0.25, 0.3) is 5.52 Å². The van der Waals surface area contributed by atoms with Gasteiger partial charge in [-0.3, -0.25) is 0 Å². The van der Waals surface area contributed by atoms with Crippen LogP contribution in [-0.4, -0.2) is 0 Å². The number of pyridine rings is 1. The van der Waals surface area contributed by atoms with Crippen LogP contribution >= 0.6 is 0 Å². The molecule has 3 heteroatoms. The summed E-state index contributed by atoms with van der Waals surface area (Å²) in [7, 11) is 0. The summed E-state index contributed by atoms with van der Waals surface area (Å²) in [6.45, 7) is 0. The number of nitrogens with zero attached hydrogens (tertiary/aromatic N) is 1. The number of aromatic nitrogens is 1. The Balaban J connectivity index is 2.57. The Bertz CT molecular complexity index is 474. The van der Waals surface area contributed by atoms with Gasteiger partial charge in [0, 0.05) is 6.07 Å². The molecule has 3 rings (SSSR count). The Kier molecular flexibility index (Phi) is 0.821. The molecule has 0 N–H and O–H groups in total. The average molecular weight is 159 g/mol. The minimum atomic E-state index is 0.634. The molecule has 0 atom stereocenters. The van der Waals surface area contributed by atoms with Gasteiger partial charge in [-0.2, -0.15) is 4.73 Å². The predicted octanol–water partition coefficient (Wildman–Crippen LogP) is 1.58. The number of ether oxygens (including phenoxy) is 1. The number of benzene rings is 1. The van der Waals surface area contributed by atoms with E-state index in [9.17, 15) is 5.21 Å². The van der Waals surface area contributed by atoms with E-state index in [1.807, 2.05) is 18.2 Å². The Morgan fingerprint density at radius 2 is 2.17 bits per heavy atom. The number of hydrogen-bond donors (Lipinski definition) is 0. The molecule has 1 aliphatic heterocycles. The molecule has 0 saturated heterocycles. The number of hydrogen-bond acceptors (Lipinski definition) is 2. The first-order chi connectivity index (χ1) is 5.86. The molecule has 1 aromatic heterocycles. The molecule has 0 aliphatic carbocycles. The normalized spacial score (nSPS) is 12.3. The van der Waals surface area contributed by atoms with Gasteiger partial charge in [0.05, 0.1) is 5.39 Å². The largest absolute Gasteiger partial charge is 0.618 e. The van der Waals surface area contributed by atoms with E-state index >= 15 is 0 Å². The summed E-state index contributed by atoms with van der Waals surface area (Å²) >= 11 is 0. The highest BCUT2D eigenvalue weighted by atomic mass is 16.6. The van der Waals surface area contributed by atoms with Crippen LogP contribution in [0.25, 0.3) is 10.9 Å². The first kappa shape index (κ1) is 5.83. The second kappa shape index (κ2) is 1.69. The van der Waals surface area contributed by atoms with E-state index in [2.05, 4.69) is 0 Å². The topological polar surface area (TPSA) is 39.5 Å². The zero-order valence-corrected chi connectivity index (χ0v) is 6.15. The van der Waals surface area contributed by atoms with Gasteiger partial charge >= 0.3 is 0 Å². The van der Waals surface area contributed by atoms with E-state index in [1.54, 1.807) is 6.07 Å². The van der Waals surface area contributed by atoms with Crippen LogP contribution in [0.4, 0.5) is 0 Å². The van der Waals surface area contributed by atoms with Gasteiger partial charge in [-0.1, -0.05) is 0 Å². The lowest BCUT2D eigenvalue weighted by Gasteiger charge is -1.96. The van der Waals surface area contributed by atoms with Crippen molar-refractivity contribution in [1.29, 1.82) is 0 Å². The van der Waals surface area contributed by atoms with E-state index in [4.69, 9.17) is 4.74 Å². The molecular formula is C9H5NO2. The van der Waals surface area contributed by atoms with E-state index < -0.39 is 0 Å². The zero-order chi connectivity index (χ0) is 8.13. The third-order valence-corrected chi connectivity index (χ3v) is 2.01. The van der Waals surface area contributed by atoms with Crippen molar-refractivity contribution in [3.63, 3.8) is 0 Å². The first-order valence-corrected chi connectivity index (χ1v) is 3.69. The van der Waals surface area contributed by atoms with Gasteiger partial charge < -0.3 is 9.94 Å². The van der Waals surface area contributed by atoms with E-state index in [0.717, 1.165) is 21.6 Å². The SMILES string of the molecule is [O-][n+]1cccc2ccc3c(c21)O3. The third-order valence-electron chi connectivity index (χ3n) is 2.01. The van der Waals surface area contributed by atoms with Crippen LogP contribution in [0.2, 0.25) is 0 Å². The number of rotatable bonds is 0. The molecule has 58 valence electrons. The van der Waals surface area contributed by atoms with Crippen molar-refractivity contribution in [2.45, 2.75) is 0 Å². The van der Waals surface area contributed by atoms with Crippen LogP contribution in [0.3, 0.4) is 0 Å². The minimum absolute atomic E-state index is 0.634. The van der Waals surface area contributed by atoms with Gasteiger partial charge in [0.2, 0.25) is 5.75 Å². The second-order valence-corrected chi connectivity index (χ2v) is 2.77. The molecule has 2 aromatic rings. The highest BCUT2D eigenvalue weighted by Gasteiger charge is 2.28. The Hall–Kier alpha value is -1.77. The average Bonchev–Trinajstić information content (AvgIpc) is 2.82. The summed E-state index contributed by atoms with van der Waals surface area (Å²) in [6.07, 6.45) is 1.48. The third kappa shape index (κ3) is 0.580. The van der Waals surface area contributed by atoms with Gasteiger partial charge in [0.1, 0.15) is 0 Å². The van der Waals surface area contributed by atoms with Crippen molar-refractivity contribution in [2.24, 2.45) is 0 Å². The molecule has 0 fully saturated rings. The zero-order valence-electron chi connectivity index (χ0n) is 6.15. The second-order valence-electron chi connectivity index (χ2n) is 2.77. The molecule has 0 radical (unpaired) electrons. The van der Waals surface area contributed by atoms with Crippen molar-refractivity contribution in [3.05, 3.63) is 35.7 Å². The molecule has 0 spiro atoms. The maximum atomic E-state index is 11.3. The summed E-state index contributed by atoms with van der Waals surface area (Å²) in [5.74, 6) is 1.54. The molecular weight excluding hydrogens is 154 g/mol. The van der Waals surface area contributed by atoms with E-state index in [1.165, 1.54) is 6.20 Å². The molecule has 0 amide bonds. The highest BCUT2D eigenvalue weighted by molar-refractivity contribution is 5.89. The summed E-state index contributed by atoms with van der Waals surface area (Å²) in [5, 5.41) is 12.2. The van der Waals surface area contributed by atoms with E-state index in [0.29, 0.717) is 5.52 Å². The molecule has 0 bridgehead atoms. The molecule has 0 unspecified atom stereocenters. The Labute approximate surface area is 68.4 Å². The van der Waals surface area contributed by atoms with Crippen molar-refractivity contribution in [2.75, 3.05) is 0 Å². The standard InChI is InChI=1S/C9H5NO2/c11-10-5-1-2-6-3-4-7-9(12-7)8(6)10/h1-5H. The summed E-state index contributed by atoms with van der Waals surface area (Å²) in [4.78, 5) is 0. The first-order valence-electron chi connectivity index (χ1n) is 3.69. The molecule has 1 aromatic carbocycles. The van der Waals surface area contributed by atoms with Crippen molar-refractivity contribution in [1.82, 2.24) is 0 Å². The summed E-state index contributed by atoms with van der Waals surface area (Å²) in [5.41, 5.74) is 0.634. The highest BCUT2D eigenvalue weighted by Crippen LogP contribution is 2.48. The molecule has 12 heavy (non-hydrogen) atoms. The van der Waals surface area contributed by atoms with Gasteiger partial charge in [-0.25, -0.2) is 0 Å². The lowest BCUT2D eigenvalue weighted by Crippen LogP contribution is -2.25. The van der Waals surface area contributed by atoms with Crippen molar-refractivity contribution < 1.29 is 9.47 Å². The van der Waals surface area contributed by atoms with Crippen LogP contribution < -0.4 is 9.47 Å². The summed E-state index contributed by atoms with van der Waals surface area (Å²) < 4.78 is 5.95. The van der Waals surface area contributed by atoms with E-state index in [-0.39, 0.29) is 0 Å². The molecule has 1 aliphatic rings. The van der Waals surface area contributed by atoms with Crippen LogP contribution in [0.15, 0.2) is 30.5 Å². The molecule has 0 saturated carbocycles. The Morgan fingerprint density at radius 1 is 1.25 bits per heavy atom. The fraction of sp³-hybridized carbons (Fsp3) is 0. The maximum absolute atomic E-state index is 11.3. The minimum Gasteiger partial charge on any atom is -0.618 e. The number of fused-ring (bicyclic) bond motifs is 3. The van der Waals surface area contributed by atoms with Crippen LogP contribution in [0.1, 0.15) is 0 Å². The summed E-state index contributed by atoms with van der Waals surface area (Å²) in [6, 6.07) is 7.38. The Morgan fingerprint density at radius 3 is 3.08 bits per heavy atom. The lowest BCUT2D eigenvalue weighted by molar-refractivity contribution is -0.576. The molecule has 2 heterocycles. The van der Waals surface area contributed by atoms with Crippen molar-refractivity contribution in [3.8, 4) is 11.5 Å². The molecule has 3 nitrogen and oxygen atoms in total. The van der Waals surface area contributed by atoms with Crippen LogP contribution in [0, 0.1) is 5.21 Å². The fourth-order valence-electron chi connectivity index (χ4n) is 1.40. The smallest absolute Gasteiger partial charge is 0.270 e. The van der Waals surface area contributed by atoms with Crippen LogP contribution in [-0.2, 0) is 0 Å². The predicted molar refractivity (Wildman–Crippen MR) is 43.0 cm³/mol. The lowest BCUT2D eigenvalue weighted by atomic mass is 10.2. The van der Waals surface area contributed by atoms with Crippen LogP contribution in [0.5, 0.6) is 11.5 Å². The van der Waals surface area contributed by atoms with Gasteiger partial charge in [-0.15, -0.1) is 0 Å².